The summed E-state index contributed by atoms with van der Waals surface area (Å²) >= 11 is 0. The third-order valence-corrected chi connectivity index (χ3v) is 4.99. The second-order valence-corrected chi connectivity index (χ2v) is 7.57. The first kappa shape index (κ1) is 19.4. The Morgan fingerprint density at radius 1 is 1.04 bits per heavy atom. The van der Waals surface area contributed by atoms with Crippen molar-refractivity contribution in [3.63, 3.8) is 0 Å². The molecule has 1 fully saturated rings. The Labute approximate surface area is 162 Å². The van der Waals surface area contributed by atoms with Crippen molar-refractivity contribution in [2.24, 2.45) is 0 Å². The zero-order chi connectivity index (χ0) is 19.2. The minimum atomic E-state index is -0.0394. The first-order chi connectivity index (χ1) is 13.0. The largest absolute Gasteiger partial charge is 0.491 e. The monoisotopic (exact) mass is 366 g/mol. The lowest BCUT2D eigenvalue weighted by atomic mass is 10.0. The van der Waals surface area contributed by atoms with Gasteiger partial charge in [-0.05, 0) is 76.5 Å². The highest BCUT2D eigenvalue weighted by molar-refractivity contribution is 5.94. The Bertz CT molecular complexity index is 732. The summed E-state index contributed by atoms with van der Waals surface area (Å²) in [4.78, 5) is 15.1. The molecule has 1 aliphatic rings. The number of carbonyl (C=O) groups is 1. The molecule has 1 heterocycles. The van der Waals surface area contributed by atoms with Crippen molar-refractivity contribution in [2.45, 2.75) is 45.8 Å². The van der Waals surface area contributed by atoms with Crippen LogP contribution in [0.15, 0.2) is 48.5 Å². The van der Waals surface area contributed by atoms with Gasteiger partial charge >= 0.3 is 0 Å². The summed E-state index contributed by atoms with van der Waals surface area (Å²) in [6.07, 6.45) is 2.58. The van der Waals surface area contributed by atoms with E-state index in [4.69, 9.17) is 4.74 Å². The van der Waals surface area contributed by atoms with Gasteiger partial charge in [-0.3, -0.25) is 9.69 Å². The maximum atomic E-state index is 12.6. The number of carbonyl (C=O) groups excluding carboxylic acids is 1. The Morgan fingerprint density at radius 2 is 1.67 bits per heavy atom. The van der Waals surface area contributed by atoms with Crippen LogP contribution in [0.4, 0.5) is 0 Å². The van der Waals surface area contributed by atoms with Crippen LogP contribution in [0, 0.1) is 6.92 Å². The molecule has 27 heavy (non-hydrogen) atoms. The summed E-state index contributed by atoms with van der Waals surface area (Å²) in [6.45, 7) is 8.88. The predicted octanol–water partition coefficient (Wildman–Crippen LogP) is 4.35. The van der Waals surface area contributed by atoms with Crippen LogP contribution in [0.2, 0.25) is 0 Å². The van der Waals surface area contributed by atoms with Crippen LogP contribution in [0.25, 0.3) is 0 Å². The summed E-state index contributed by atoms with van der Waals surface area (Å²) in [7, 11) is 0. The summed E-state index contributed by atoms with van der Waals surface area (Å²) in [5.41, 5.74) is 3.19. The summed E-state index contributed by atoms with van der Waals surface area (Å²) < 4.78 is 5.64. The van der Waals surface area contributed by atoms with E-state index in [-0.39, 0.29) is 18.1 Å². The van der Waals surface area contributed by atoms with Gasteiger partial charge in [-0.2, -0.15) is 0 Å². The fourth-order valence-electron chi connectivity index (χ4n) is 3.55. The zero-order valence-corrected chi connectivity index (χ0v) is 16.6. The molecule has 1 N–H and O–H groups in total. The third kappa shape index (κ3) is 5.33. The molecule has 0 saturated carbocycles. The van der Waals surface area contributed by atoms with Crippen LogP contribution in [0.1, 0.15) is 54.2 Å². The second-order valence-electron chi connectivity index (χ2n) is 7.57. The number of hydrogen-bond acceptors (Lipinski definition) is 3. The average Bonchev–Trinajstić information content (AvgIpc) is 3.18. The van der Waals surface area contributed by atoms with E-state index in [0.717, 1.165) is 18.8 Å². The van der Waals surface area contributed by atoms with Crippen LogP contribution in [-0.2, 0) is 0 Å². The normalized spacial score (nSPS) is 15.7. The first-order valence-electron chi connectivity index (χ1n) is 9.88. The predicted molar refractivity (Wildman–Crippen MR) is 109 cm³/mol. The lowest BCUT2D eigenvalue weighted by Crippen LogP contribution is -2.36. The van der Waals surface area contributed by atoms with Crippen LogP contribution < -0.4 is 10.1 Å². The SMILES string of the molecule is Cc1ccc([C@H](CNC(=O)c2ccc(OC(C)C)cc2)N2CCCC2)cc1. The molecular formula is C23H30N2O2. The Hall–Kier alpha value is -2.33. The van der Waals surface area contributed by atoms with Crippen molar-refractivity contribution in [1.29, 1.82) is 0 Å². The number of aryl methyl sites for hydroxylation is 1. The highest BCUT2D eigenvalue weighted by Crippen LogP contribution is 2.25. The van der Waals surface area contributed by atoms with E-state index < -0.39 is 0 Å². The van der Waals surface area contributed by atoms with E-state index in [1.165, 1.54) is 24.0 Å². The van der Waals surface area contributed by atoms with Gasteiger partial charge in [-0.1, -0.05) is 29.8 Å². The van der Waals surface area contributed by atoms with Gasteiger partial charge in [0, 0.05) is 12.1 Å². The highest BCUT2D eigenvalue weighted by Gasteiger charge is 2.24. The Kier molecular flexibility index (Phi) is 6.51. The molecule has 1 amide bonds. The summed E-state index contributed by atoms with van der Waals surface area (Å²) in [5.74, 6) is 0.749. The van der Waals surface area contributed by atoms with E-state index >= 15 is 0 Å². The van der Waals surface area contributed by atoms with Crippen LogP contribution in [0.3, 0.4) is 0 Å². The minimum absolute atomic E-state index is 0.0394. The molecule has 144 valence electrons. The second kappa shape index (κ2) is 9.05. The van der Waals surface area contributed by atoms with Crippen LogP contribution >= 0.6 is 0 Å². The van der Waals surface area contributed by atoms with E-state index in [2.05, 4.69) is 41.4 Å². The van der Waals surface area contributed by atoms with E-state index in [0.29, 0.717) is 12.1 Å². The van der Waals surface area contributed by atoms with Crippen molar-refractivity contribution in [3.05, 3.63) is 65.2 Å². The van der Waals surface area contributed by atoms with E-state index in [1.807, 2.05) is 38.1 Å². The number of nitrogens with one attached hydrogen (secondary N) is 1. The van der Waals surface area contributed by atoms with Gasteiger partial charge in [-0.15, -0.1) is 0 Å². The average molecular weight is 367 g/mol. The number of nitrogens with zero attached hydrogens (tertiary/aromatic N) is 1. The van der Waals surface area contributed by atoms with E-state index in [1.54, 1.807) is 0 Å². The molecular weight excluding hydrogens is 336 g/mol. The molecule has 0 radical (unpaired) electrons. The molecule has 0 aliphatic carbocycles. The molecule has 1 aliphatic heterocycles. The maximum absolute atomic E-state index is 12.6. The highest BCUT2D eigenvalue weighted by atomic mass is 16.5. The number of likely N-dealkylation sites (tertiary alicyclic amines) is 1. The number of benzene rings is 2. The van der Waals surface area contributed by atoms with Crippen LogP contribution in [-0.4, -0.2) is 36.5 Å². The van der Waals surface area contributed by atoms with Crippen molar-refractivity contribution in [1.82, 2.24) is 10.2 Å². The number of ether oxygens (including phenoxy) is 1. The molecule has 3 rings (SSSR count). The maximum Gasteiger partial charge on any atom is 0.251 e. The van der Waals surface area contributed by atoms with Crippen molar-refractivity contribution >= 4 is 5.91 Å². The Morgan fingerprint density at radius 3 is 2.26 bits per heavy atom. The van der Waals surface area contributed by atoms with Crippen molar-refractivity contribution in [2.75, 3.05) is 19.6 Å². The molecule has 2 aromatic rings. The molecule has 0 bridgehead atoms. The molecule has 0 aromatic heterocycles. The quantitative estimate of drug-likeness (QED) is 0.792. The van der Waals surface area contributed by atoms with Crippen molar-refractivity contribution < 1.29 is 9.53 Å². The minimum Gasteiger partial charge on any atom is -0.491 e. The zero-order valence-electron chi connectivity index (χ0n) is 16.6. The van der Waals surface area contributed by atoms with Gasteiger partial charge in [0.05, 0.1) is 12.1 Å². The molecule has 0 unspecified atom stereocenters. The fraction of sp³-hybridized carbons (Fsp3) is 0.435. The molecule has 0 spiro atoms. The molecule has 4 heteroatoms. The standard InChI is InChI=1S/C23H30N2O2/c1-17(2)27-21-12-10-20(11-13-21)23(26)24-16-22(25-14-4-5-15-25)19-8-6-18(3)7-9-19/h6-13,17,22H,4-5,14-16H2,1-3H3,(H,24,26)/t22-/m0/s1. The molecule has 1 saturated heterocycles. The van der Waals surface area contributed by atoms with E-state index in [9.17, 15) is 4.79 Å². The Balaban J connectivity index is 1.65. The molecule has 4 nitrogen and oxygen atoms in total. The van der Waals surface area contributed by atoms with Gasteiger partial charge < -0.3 is 10.1 Å². The number of rotatable bonds is 7. The summed E-state index contributed by atoms with van der Waals surface area (Å²) in [6, 6.07) is 16.2. The topological polar surface area (TPSA) is 41.6 Å². The van der Waals surface area contributed by atoms with Gasteiger partial charge in [0.15, 0.2) is 0 Å². The lowest BCUT2D eigenvalue weighted by molar-refractivity contribution is 0.0938. The molecule has 1 atom stereocenters. The fourth-order valence-corrected chi connectivity index (χ4v) is 3.55. The number of hydrogen-bond donors (Lipinski definition) is 1. The van der Waals surface area contributed by atoms with Gasteiger partial charge in [0.1, 0.15) is 5.75 Å². The first-order valence-corrected chi connectivity index (χ1v) is 9.88. The van der Waals surface area contributed by atoms with Gasteiger partial charge in [0.2, 0.25) is 0 Å². The lowest BCUT2D eigenvalue weighted by Gasteiger charge is -2.28. The van der Waals surface area contributed by atoms with Gasteiger partial charge in [0.25, 0.3) is 5.91 Å². The van der Waals surface area contributed by atoms with Crippen LogP contribution in [0.5, 0.6) is 5.75 Å². The smallest absolute Gasteiger partial charge is 0.251 e. The third-order valence-electron chi connectivity index (χ3n) is 4.99. The molecule has 2 aromatic carbocycles. The van der Waals surface area contributed by atoms with Crippen molar-refractivity contribution in [3.8, 4) is 5.75 Å². The number of amides is 1. The van der Waals surface area contributed by atoms with Gasteiger partial charge in [-0.25, -0.2) is 0 Å². The summed E-state index contributed by atoms with van der Waals surface area (Å²) in [5, 5.41) is 3.13.